The highest BCUT2D eigenvalue weighted by Gasteiger charge is 2.25. The van der Waals surface area contributed by atoms with Gasteiger partial charge in [0.2, 0.25) is 0 Å². The fourth-order valence-corrected chi connectivity index (χ4v) is 1.80. The summed E-state index contributed by atoms with van der Waals surface area (Å²) in [5, 5.41) is 21.6. The molecule has 5 nitrogen and oxygen atoms in total. The molecule has 0 aliphatic rings. The second-order valence-corrected chi connectivity index (χ2v) is 4.82. The molecule has 19 heavy (non-hydrogen) atoms. The molecule has 0 spiro atoms. The number of nitrogens with zero attached hydrogens (tertiary/aromatic N) is 2. The molecule has 6 heteroatoms. The predicted molar refractivity (Wildman–Crippen MR) is 73.2 cm³/mol. The van der Waals surface area contributed by atoms with Crippen LogP contribution in [0.25, 0.3) is 0 Å². The Labute approximate surface area is 117 Å². The largest absolute Gasteiger partial charge is 0.480 e. The average molecular weight is 282 g/mol. The Morgan fingerprint density at radius 2 is 2.32 bits per heavy atom. The van der Waals surface area contributed by atoms with Crippen LogP contribution in [0.4, 0.5) is 5.82 Å². The summed E-state index contributed by atoms with van der Waals surface area (Å²) in [6.45, 7) is 5.45. The molecule has 0 aliphatic heterocycles. The molecule has 0 amide bonds. The standard InChI is InChI=1S/C13H16ClN3O2/c1-4-7(2)11(13(18)19)17-12-9(5-15)8(3)10(14)6-16-12/h6-7,11H,4H2,1-3H3,(H,16,17)(H,18,19)/t7-,11-/m0/s1. The van der Waals surface area contributed by atoms with Crippen LogP contribution >= 0.6 is 11.6 Å². The maximum atomic E-state index is 11.3. The molecule has 0 aliphatic carbocycles. The van der Waals surface area contributed by atoms with Gasteiger partial charge in [0.1, 0.15) is 17.9 Å². The van der Waals surface area contributed by atoms with Crippen molar-refractivity contribution in [3.05, 3.63) is 22.3 Å². The van der Waals surface area contributed by atoms with E-state index < -0.39 is 12.0 Å². The quantitative estimate of drug-likeness (QED) is 0.867. The highest BCUT2D eigenvalue weighted by atomic mass is 35.5. The predicted octanol–water partition coefficient (Wildman–Crippen LogP) is 2.83. The molecule has 2 atom stereocenters. The van der Waals surface area contributed by atoms with Gasteiger partial charge in [0, 0.05) is 6.20 Å². The summed E-state index contributed by atoms with van der Waals surface area (Å²) in [5.41, 5.74) is 0.872. The molecule has 0 unspecified atom stereocenters. The molecule has 1 rings (SSSR count). The third kappa shape index (κ3) is 3.36. The normalized spacial score (nSPS) is 13.4. The number of carboxylic acids is 1. The first-order valence-electron chi connectivity index (χ1n) is 5.96. The van der Waals surface area contributed by atoms with Gasteiger partial charge in [0.15, 0.2) is 0 Å². The van der Waals surface area contributed by atoms with Crippen LogP contribution in [-0.2, 0) is 4.79 Å². The first-order chi connectivity index (χ1) is 8.92. The summed E-state index contributed by atoms with van der Waals surface area (Å²) in [6, 6.07) is 1.22. The summed E-state index contributed by atoms with van der Waals surface area (Å²) in [4.78, 5) is 15.3. The molecule has 0 fully saturated rings. The van der Waals surface area contributed by atoms with Crippen molar-refractivity contribution in [2.45, 2.75) is 33.2 Å². The van der Waals surface area contributed by atoms with Crippen molar-refractivity contribution in [2.24, 2.45) is 5.92 Å². The van der Waals surface area contributed by atoms with Crippen LogP contribution in [0, 0.1) is 24.2 Å². The number of anilines is 1. The number of nitrogens with one attached hydrogen (secondary N) is 1. The Hall–Kier alpha value is -1.80. The Morgan fingerprint density at radius 3 is 2.79 bits per heavy atom. The first-order valence-corrected chi connectivity index (χ1v) is 6.34. The number of hydrogen-bond acceptors (Lipinski definition) is 4. The first kappa shape index (κ1) is 15.3. The second kappa shape index (κ2) is 6.39. The van der Waals surface area contributed by atoms with E-state index in [1.807, 2.05) is 19.9 Å². The third-order valence-corrected chi connectivity index (χ3v) is 3.54. The highest BCUT2D eigenvalue weighted by molar-refractivity contribution is 6.31. The van der Waals surface area contributed by atoms with Crippen molar-refractivity contribution in [1.29, 1.82) is 5.26 Å². The zero-order valence-electron chi connectivity index (χ0n) is 11.1. The highest BCUT2D eigenvalue weighted by Crippen LogP contribution is 2.24. The maximum Gasteiger partial charge on any atom is 0.326 e. The van der Waals surface area contributed by atoms with Gasteiger partial charge in [0.25, 0.3) is 0 Å². The van der Waals surface area contributed by atoms with E-state index in [0.29, 0.717) is 17.0 Å². The number of carbonyl (C=O) groups is 1. The number of carboxylic acid groups (broad SMARTS) is 1. The lowest BCUT2D eigenvalue weighted by molar-refractivity contribution is -0.139. The van der Waals surface area contributed by atoms with E-state index in [1.165, 1.54) is 6.20 Å². The van der Waals surface area contributed by atoms with Crippen LogP contribution in [0.3, 0.4) is 0 Å². The molecule has 0 aromatic carbocycles. The molecule has 1 heterocycles. The van der Waals surface area contributed by atoms with Crippen molar-refractivity contribution < 1.29 is 9.90 Å². The lowest BCUT2D eigenvalue weighted by atomic mass is 9.99. The van der Waals surface area contributed by atoms with Crippen molar-refractivity contribution in [3.8, 4) is 6.07 Å². The Morgan fingerprint density at radius 1 is 1.68 bits per heavy atom. The topological polar surface area (TPSA) is 86.0 Å². The molecule has 0 radical (unpaired) electrons. The second-order valence-electron chi connectivity index (χ2n) is 4.41. The van der Waals surface area contributed by atoms with Gasteiger partial charge in [-0.05, 0) is 18.4 Å². The number of nitriles is 1. The summed E-state index contributed by atoms with van der Waals surface area (Å²) in [6.07, 6.45) is 2.12. The molecule has 2 N–H and O–H groups in total. The monoisotopic (exact) mass is 281 g/mol. The molecule has 0 bridgehead atoms. The molecule has 1 aromatic heterocycles. The Balaban J connectivity index is 3.14. The number of halogens is 1. The Kier molecular flexibility index (Phi) is 5.13. The number of rotatable bonds is 5. The van der Waals surface area contributed by atoms with Crippen molar-refractivity contribution in [2.75, 3.05) is 5.32 Å². The van der Waals surface area contributed by atoms with Gasteiger partial charge in [-0.25, -0.2) is 9.78 Å². The van der Waals surface area contributed by atoms with E-state index in [-0.39, 0.29) is 17.3 Å². The molecular formula is C13H16ClN3O2. The van der Waals surface area contributed by atoms with E-state index in [0.717, 1.165) is 0 Å². The van der Waals surface area contributed by atoms with Gasteiger partial charge >= 0.3 is 5.97 Å². The van der Waals surface area contributed by atoms with Gasteiger partial charge in [-0.15, -0.1) is 0 Å². The lowest BCUT2D eigenvalue weighted by Gasteiger charge is -2.21. The lowest BCUT2D eigenvalue weighted by Crippen LogP contribution is -2.36. The Bertz CT molecular complexity index is 525. The summed E-state index contributed by atoms with van der Waals surface area (Å²) < 4.78 is 0. The van der Waals surface area contributed by atoms with Crippen LogP contribution in [0.1, 0.15) is 31.4 Å². The van der Waals surface area contributed by atoms with Gasteiger partial charge < -0.3 is 10.4 Å². The number of aromatic nitrogens is 1. The minimum atomic E-state index is -0.965. The third-order valence-electron chi connectivity index (χ3n) is 3.16. The van der Waals surface area contributed by atoms with Gasteiger partial charge in [-0.3, -0.25) is 0 Å². The van der Waals surface area contributed by atoms with Crippen LogP contribution < -0.4 is 5.32 Å². The van der Waals surface area contributed by atoms with Crippen LogP contribution in [0.15, 0.2) is 6.20 Å². The number of pyridine rings is 1. The van der Waals surface area contributed by atoms with Crippen molar-refractivity contribution in [1.82, 2.24) is 4.98 Å². The van der Waals surface area contributed by atoms with Crippen LogP contribution in [-0.4, -0.2) is 22.1 Å². The SMILES string of the molecule is CC[C@H](C)[C@H](Nc1ncc(Cl)c(C)c1C#N)C(=O)O. The van der Waals surface area contributed by atoms with Crippen molar-refractivity contribution in [3.63, 3.8) is 0 Å². The van der Waals surface area contributed by atoms with Gasteiger partial charge in [-0.1, -0.05) is 31.9 Å². The van der Waals surface area contributed by atoms with Crippen LogP contribution in [0.2, 0.25) is 5.02 Å². The molecule has 0 saturated carbocycles. The molecule has 102 valence electrons. The minimum Gasteiger partial charge on any atom is -0.480 e. The smallest absolute Gasteiger partial charge is 0.326 e. The van der Waals surface area contributed by atoms with E-state index in [4.69, 9.17) is 16.9 Å². The molecular weight excluding hydrogens is 266 g/mol. The zero-order chi connectivity index (χ0) is 14.6. The summed E-state index contributed by atoms with van der Waals surface area (Å²) >= 11 is 5.90. The van der Waals surface area contributed by atoms with E-state index >= 15 is 0 Å². The van der Waals surface area contributed by atoms with E-state index in [9.17, 15) is 9.90 Å². The van der Waals surface area contributed by atoms with E-state index in [2.05, 4.69) is 10.3 Å². The van der Waals surface area contributed by atoms with Crippen LogP contribution in [0.5, 0.6) is 0 Å². The number of hydrogen-bond donors (Lipinski definition) is 2. The maximum absolute atomic E-state index is 11.3. The fourth-order valence-electron chi connectivity index (χ4n) is 1.66. The summed E-state index contributed by atoms with van der Waals surface area (Å²) in [7, 11) is 0. The summed E-state index contributed by atoms with van der Waals surface area (Å²) in [5.74, 6) is -0.786. The molecule has 1 aromatic rings. The minimum absolute atomic E-state index is 0.0816. The van der Waals surface area contributed by atoms with Gasteiger partial charge in [-0.2, -0.15) is 5.26 Å². The fraction of sp³-hybridized carbons (Fsp3) is 0.462. The zero-order valence-corrected chi connectivity index (χ0v) is 11.8. The molecule has 0 saturated heterocycles. The number of aliphatic carboxylic acids is 1. The van der Waals surface area contributed by atoms with Gasteiger partial charge in [0.05, 0.1) is 10.6 Å². The van der Waals surface area contributed by atoms with E-state index in [1.54, 1.807) is 6.92 Å². The van der Waals surface area contributed by atoms with Crippen molar-refractivity contribution >= 4 is 23.4 Å². The average Bonchev–Trinajstić information content (AvgIpc) is 2.38.